The molecule has 5 rings (SSSR count). The molecule has 0 bridgehead atoms. The highest BCUT2D eigenvalue weighted by Crippen LogP contribution is 2.44. The Morgan fingerprint density at radius 1 is 1.15 bits per heavy atom. The number of hydrogen-bond acceptors (Lipinski definition) is 6. The number of nitrogens with zero attached hydrogens (tertiary/aromatic N) is 4. The molecule has 0 unspecified atom stereocenters. The number of fused-ring (bicyclic) bond motifs is 2. The van der Waals surface area contributed by atoms with E-state index in [-0.39, 0.29) is 5.78 Å². The minimum Gasteiger partial charge on any atom is -0.484 e. The van der Waals surface area contributed by atoms with E-state index in [1.165, 1.54) is 6.33 Å². The fraction of sp³-hybridized carbons (Fsp3) is 0.333. The van der Waals surface area contributed by atoms with Crippen molar-refractivity contribution in [1.82, 2.24) is 19.9 Å². The Balaban J connectivity index is 1.42. The zero-order valence-electron chi connectivity index (χ0n) is 14.2. The molecule has 138 valence electrons. The molecule has 0 radical (unpaired) electrons. The van der Waals surface area contributed by atoms with Crippen LogP contribution in [0.15, 0.2) is 24.8 Å². The molecule has 27 heavy (non-hydrogen) atoms. The highest BCUT2D eigenvalue weighted by atomic mass is 35.5. The molecule has 9 heteroatoms. The largest absolute Gasteiger partial charge is 0.484 e. The number of piperidine rings is 1. The van der Waals surface area contributed by atoms with Gasteiger partial charge in [0.2, 0.25) is 0 Å². The zero-order chi connectivity index (χ0) is 18.6. The summed E-state index contributed by atoms with van der Waals surface area (Å²) in [5, 5.41) is 0.816. The van der Waals surface area contributed by atoms with E-state index in [0.29, 0.717) is 59.4 Å². The van der Waals surface area contributed by atoms with Crippen LogP contribution in [0.5, 0.6) is 5.75 Å². The number of nitrogens with one attached hydrogen (secondary N) is 1. The molecular weight excluding hydrogens is 389 g/mol. The Morgan fingerprint density at radius 2 is 1.96 bits per heavy atom. The number of ether oxygens (including phenoxy) is 1. The minimum atomic E-state index is -0.543. The van der Waals surface area contributed by atoms with Gasteiger partial charge in [-0.1, -0.05) is 23.2 Å². The predicted octanol–water partition coefficient (Wildman–Crippen LogP) is 3.66. The Hall–Kier alpha value is -2.38. The molecule has 0 aliphatic carbocycles. The first-order valence-corrected chi connectivity index (χ1v) is 9.41. The number of H-pyrrole nitrogens is 1. The maximum Gasteiger partial charge on any atom is 0.182 e. The number of hydrogen-bond donors (Lipinski definition) is 1. The van der Waals surface area contributed by atoms with Gasteiger partial charge < -0.3 is 14.6 Å². The minimum absolute atomic E-state index is 0.0205. The van der Waals surface area contributed by atoms with Crippen LogP contribution in [0.2, 0.25) is 10.0 Å². The van der Waals surface area contributed by atoms with Gasteiger partial charge in [-0.15, -0.1) is 0 Å². The lowest BCUT2D eigenvalue weighted by Crippen LogP contribution is -2.51. The van der Waals surface area contributed by atoms with E-state index in [1.54, 1.807) is 18.5 Å². The van der Waals surface area contributed by atoms with E-state index in [0.717, 1.165) is 11.3 Å². The molecule has 0 amide bonds. The molecule has 2 aliphatic rings. The normalized spacial score (nSPS) is 18.6. The van der Waals surface area contributed by atoms with Gasteiger partial charge in [-0.05, 0) is 12.1 Å². The maximum absolute atomic E-state index is 12.7. The molecular formula is C18H15Cl2N5O2. The summed E-state index contributed by atoms with van der Waals surface area (Å²) >= 11 is 12.3. The maximum atomic E-state index is 12.7. The van der Waals surface area contributed by atoms with Crippen LogP contribution in [0, 0.1) is 0 Å². The molecule has 1 N–H and O–H groups in total. The third kappa shape index (κ3) is 2.73. The van der Waals surface area contributed by atoms with Crippen molar-refractivity contribution < 1.29 is 9.53 Å². The van der Waals surface area contributed by atoms with Crippen LogP contribution in [0.25, 0.3) is 11.2 Å². The van der Waals surface area contributed by atoms with Crippen molar-refractivity contribution in [2.75, 3.05) is 18.0 Å². The number of benzene rings is 1. The fourth-order valence-corrected chi connectivity index (χ4v) is 4.44. The molecule has 1 spiro atoms. The SMILES string of the molecule is O=C1CC2(CCN(c3ncnc4nc[nH]c34)CC2)Oc2c(Cl)cc(Cl)cc21. The van der Waals surface area contributed by atoms with Crippen molar-refractivity contribution in [3.63, 3.8) is 0 Å². The lowest BCUT2D eigenvalue weighted by molar-refractivity contribution is 0.0232. The van der Waals surface area contributed by atoms with Gasteiger partial charge in [0, 0.05) is 31.0 Å². The van der Waals surface area contributed by atoms with E-state index in [2.05, 4.69) is 24.8 Å². The second kappa shape index (κ2) is 6.07. The summed E-state index contributed by atoms with van der Waals surface area (Å²) in [6.07, 6.45) is 4.84. The van der Waals surface area contributed by atoms with Crippen LogP contribution in [0.3, 0.4) is 0 Å². The molecule has 0 saturated carbocycles. The van der Waals surface area contributed by atoms with Gasteiger partial charge in [0.1, 0.15) is 23.2 Å². The summed E-state index contributed by atoms with van der Waals surface area (Å²) in [6.45, 7) is 1.41. The van der Waals surface area contributed by atoms with Crippen molar-refractivity contribution in [1.29, 1.82) is 0 Å². The van der Waals surface area contributed by atoms with E-state index in [4.69, 9.17) is 27.9 Å². The lowest BCUT2D eigenvalue weighted by Gasteiger charge is -2.44. The number of anilines is 1. The van der Waals surface area contributed by atoms with Crippen molar-refractivity contribution in [3.8, 4) is 5.75 Å². The molecule has 4 heterocycles. The van der Waals surface area contributed by atoms with Crippen LogP contribution in [-0.2, 0) is 0 Å². The third-order valence-corrected chi connectivity index (χ3v) is 5.79. The first-order chi connectivity index (χ1) is 13.0. The van der Waals surface area contributed by atoms with Gasteiger partial charge in [0.15, 0.2) is 17.2 Å². The average Bonchev–Trinajstić information content (AvgIpc) is 3.13. The van der Waals surface area contributed by atoms with Gasteiger partial charge in [-0.25, -0.2) is 15.0 Å². The van der Waals surface area contributed by atoms with Crippen LogP contribution < -0.4 is 9.64 Å². The van der Waals surface area contributed by atoms with E-state index in [9.17, 15) is 4.79 Å². The van der Waals surface area contributed by atoms with Gasteiger partial charge in [0.25, 0.3) is 0 Å². The Bertz CT molecular complexity index is 1060. The average molecular weight is 404 g/mol. The summed E-state index contributed by atoms with van der Waals surface area (Å²) in [4.78, 5) is 30.7. The van der Waals surface area contributed by atoms with Crippen molar-refractivity contribution in [2.45, 2.75) is 24.9 Å². The molecule has 3 aromatic rings. The van der Waals surface area contributed by atoms with Crippen molar-refractivity contribution in [2.24, 2.45) is 0 Å². The smallest absolute Gasteiger partial charge is 0.182 e. The van der Waals surface area contributed by atoms with Crippen LogP contribution in [0.4, 0.5) is 5.82 Å². The van der Waals surface area contributed by atoms with Gasteiger partial charge in [0.05, 0.1) is 23.3 Å². The zero-order valence-corrected chi connectivity index (χ0v) is 15.7. The molecule has 2 aromatic heterocycles. The monoisotopic (exact) mass is 403 g/mol. The third-order valence-electron chi connectivity index (χ3n) is 5.29. The number of halogens is 2. The van der Waals surface area contributed by atoms with Gasteiger partial charge in [-0.3, -0.25) is 4.79 Å². The van der Waals surface area contributed by atoms with Crippen LogP contribution in [0.1, 0.15) is 29.6 Å². The molecule has 0 atom stereocenters. The fourth-order valence-electron chi connectivity index (χ4n) is 3.91. The number of aromatic amines is 1. The highest BCUT2D eigenvalue weighted by molar-refractivity contribution is 6.36. The number of aromatic nitrogens is 4. The van der Waals surface area contributed by atoms with Crippen molar-refractivity contribution in [3.05, 3.63) is 40.4 Å². The number of imidazole rings is 1. The molecule has 2 aliphatic heterocycles. The summed E-state index contributed by atoms with van der Waals surface area (Å²) in [7, 11) is 0. The quantitative estimate of drug-likeness (QED) is 0.667. The lowest BCUT2D eigenvalue weighted by atomic mass is 9.82. The summed E-state index contributed by atoms with van der Waals surface area (Å²) in [5.41, 5.74) is 1.38. The number of carbonyl (C=O) groups is 1. The Labute approximate surface area is 164 Å². The summed E-state index contributed by atoms with van der Waals surface area (Å²) in [6, 6.07) is 3.24. The van der Waals surface area contributed by atoms with E-state index >= 15 is 0 Å². The second-order valence-electron chi connectivity index (χ2n) is 6.93. The van der Waals surface area contributed by atoms with E-state index in [1.807, 2.05) is 0 Å². The van der Waals surface area contributed by atoms with E-state index < -0.39 is 5.60 Å². The standard InChI is InChI=1S/C18H15Cl2N5O2/c19-10-5-11-13(26)7-18(27-15(11)12(20)6-10)1-3-25(4-2-18)17-14-16(22-8-21-14)23-9-24-17/h5-6,8-9H,1-4,7H2,(H,21,22,23,24). The second-order valence-corrected chi connectivity index (χ2v) is 7.78. The number of Topliss-reactive ketones (excluding diaryl/α,β-unsaturated/α-hetero) is 1. The Kier molecular flexibility index (Phi) is 3.77. The highest BCUT2D eigenvalue weighted by Gasteiger charge is 2.44. The summed E-state index contributed by atoms with van der Waals surface area (Å²) < 4.78 is 6.28. The molecule has 1 fully saturated rings. The predicted molar refractivity (Wildman–Crippen MR) is 102 cm³/mol. The number of rotatable bonds is 1. The molecule has 1 aromatic carbocycles. The first-order valence-electron chi connectivity index (χ1n) is 8.65. The first kappa shape index (κ1) is 16.8. The van der Waals surface area contributed by atoms with Crippen LogP contribution in [-0.4, -0.2) is 44.4 Å². The molecule has 7 nitrogen and oxygen atoms in total. The Morgan fingerprint density at radius 3 is 2.78 bits per heavy atom. The molecule has 1 saturated heterocycles. The van der Waals surface area contributed by atoms with Gasteiger partial charge in [-0.2, -0.15) is 0 Å². The number of ketones is 1. The van der Waals surface area contributed by atoms with Gasteiger partial charge >= 0.3 is 0 Å². The topological polar surface area (TPSA) is 84.0 Å². The van der Waals surface area contributed by atoms with Crippen molar-refractivity contribution >= 4 is 46.0 Å². The van der Waals surface area contributed by atoms with Crippen LogP contribution >= 0.6 is 23.2 Å². The summed E-state index contributed by atoms with van der Waals surface area (Å²) in [5.74, 6) is 1.29. The number of carbonyl (C=O) groups excluding carboxylic acids is 1.